The highest BCUT2D eigenvalue weighted by Crippen LogP contribution is 2.34. The van der Waals surface area contributed by atoms with Gasteiger partial charge in [-0.15, -0.1) is 13.2 Å². The first-order valence-electron chi connectivity index (χ1n) is 5.52. The van der Waals surface area contributed by atoms with Crippen molar-refractivity contribution in [3.8, 4) is 5.75 Å². The molecule has 3 N–H and O–H groups in total. The van der Waals surface area contributed by atoms with Crippen LogP contribution in [0.15, 0.2) is 42.5 Å². The molecule has 0 aliphatic carbocycles. The predicted molar refractivity (Wildman–Crippen MR) is 72.3 cm³/mol. The van der Waals surface area contributed by atoms with Gasteiger partial charge in [-0.25, -0.2) is 0 Å². The quantitative estimate of drug-likeness (QED) is 0.817. The number of halogens is 4. The molecule has 0 aliphatic rings. The van der Waals surface area contributed by atoms with Gasteiger partial charge in [-0.3, -0.25) is 0 Å². The Kier molecular flexibility index (Phi) is 3.94. The Morgan fingerprint density at radius 1 is 1.05 bits per heavy atom. The van der Waals surface area contributed by atoms with Crippen LogP contribution in [0.25, 0.3) is 0 Å². The first-order valence-corrected chi connectivity index (χ1v) is 5.90. The van der Waals surface area contributed by atoms with Crippen molar-refractivity contribution < 1.29 is 17.9 Å². The van der Waals surface area contributed by atoms with E-state index in [1.807, 2.05) is 0 Å². The zero-order chi connectivity index (χ0) is 14.8. The molecular formula is C13H10ClF3N2O. The summed E-state index contributed by atoms with van der Waals surface area (Å²) in [6.07, 6.45) is -4.76. The Balaban J connectivity index is 2.29. The van der Waals surface area contributed by atoms with Gasteiger partial charge in [0.15, 0.2) is 5.75 Å². The highest BCUT2D eigenvalue weighted by Gasteiger charge is 2.32. The second-order valence-corrected chi connectivity index (χ2v) is 4.34. The van der Waals surface area contributed by atoms with Crippen molar-refractivity contribution >= 4 is 28.7 Å². The molecule has 0 heterocycles. The molecule has 0 spiro atoms. The summed E-state index contributed by atoms with van der Waals surface area (Å²) in [7, 11) is 0. The summed E-state index contributed by atoms with van der Waals surface area (Å²) < 4.78 is 40.8. The molecule has 0 radical (unpaired) electrons. The van der Waals surface area contributed by atoms with E-state index in [0.29, 0.717) is 16.4 Å². The molecule has 0 saturated heterocycles. The fraction of sp³-hybridized carbons (Fsp3) is 0.0769. The number of para-hydroxylation sites is 2. The first-order chi connectivity index (χ1) is 9.35. The second-order valence-electron chi connectivity index (χ2n) is 3.90. The van der Waals surface area contributed by atoms with Crippen molar-refractivity contribution in [2.45, 2.75) is 6.36 Å². The molecule has 2 aromatic rings. The number of ether oxygens (including phenoxy) is 1. The molecule has 2 rings (SSSR count). The summed E-state index contributed by atoms with van der Waals surface area (Å²) in [5.41, 5.74) is 6.64. The monoisotopic (exact) mass is 302 g/mol. The summed E-state index contributed by atoms with van der Waals surface area (Å²) in [6, 6.07) is 10.3. The SMILES string of the molecule is Nc1cc(Cl)ccc1Nc1ccccc1OC(F)(F)F. The lowest BCUT2D eigenvalue weighted by atomic mass is 10.2. The molecule has 0 fully saturated rings. The van der Waals surface area contributed by atoms with Crippen LogP contribution in [0.4, 0.5) is 30.2 Å². The van der Waals surface area contributed by atoms with Gasteiger partial charge >= 0.3 is 6.36 Å². The standard InChI is InChI=1S/C13H10ClF3N2O/c14-8-5-6-10(9(18)7-8)19-11-3-1-2-4-12(11)20-13(15,16)17/h1-7,19H,18H2. The van der Waals surface area contributed by atoms with Gasteiger partial charge in [0.05, 0.1) is 17.1 Å². The average molecular weight is 303 g/mol. The molecule has 0 aliphatic heterocycles. The fourth-order valence-electron chi connectivity index (χ4n) is 1.58. The second kappa shape index (κ2) is 5.50. The van der Waals surface area contributed by atoms with Gasteiger partial charge in [0.25, 0.3) is 0 Å². The van der Waals surface area contributed by atoms with E-state index in [1.165, 1.54) is 24.3 Å². The number of hydrogen-bond donors (Lipinski definition) is 2. The van der Waals surface area contributed by atoms with Gasteiger partial charge in [0, 0.05) is 5.02 Å². The van der Waals surface area contributed by atoms with Crippen molar-refractivity contribution in [2.75, 3.05) is 11.1 Å². The van der Waals surface area contributed by atoms with Crippen molar-refractivity contribution in [1.82, 2.24) is 0 Å². The van der Waals surface area contributed by atoms with Crippen LogP contribution >= 0.6 is 11.6 Å². The topological polar surface area (TPSA) is 47.3 Å². The van der Waals surface area contributed by atoms with Gasteiger partial charge in [-0.2, -0.15) is 0 Å². The maximum atomic E-state index is 12.3. The van der Waals surface area contributed by atoms with Crippen LogP contribution in [0.5, 0.6) is 5.75 Å². The summed E-state index contributed by atoms with van der Waals surface area (Å²) in [5, 5.41) is 3.22. The maximum absolute atomic E-state index is 12.3. The third kappa shape index (κ3) is 3.71. The van der Waals surface area contributed by atoms with Crippen LogP contribution < -0.4 is 15.8 Å². The van der Waals surface area contributed by atoms with Crippen LogP contribution in [0, 0.1) is 0 Å². The highest BCUT2D eigenvalue weighted by atomic mass is 35.5. The minimum Gasteiger partial charge on any atom is -0.404 e. The Bertz CT molecular complexity index is 617. The summed E-state index contributed by atoms with van der Waals surface area (Å²) in [6.45, 7) is 0. The molecule has 7 heteroatoms. The number of benzene rings is 2. The first kappa shape index (κ1) is 14.3. The van der Waals surface area contributed by atoms with E-state index >= 15 is 0 Å². The molecule has 2 aromatic carbocycles. The van der Waals surface area contributed by atoms with Gasteiger partial charge < -0.3 is 15.8 Å². The summed E-state index contributed by atoms with van der Waals surface area (Å²) in [4.78, 5) is 0. The molecule has 0 unspecified atom stereocenters. The lowest BCUT2D eigenvalue weighted by Gasteiger charge is -2.15. The minimum atomic E-state index is -4.76. The number of anilines is 3. The molecule has 106 valence electrons. The van der Waals surface area contributed by atoms with Gasteiger partial charge in [0.1, 0.15) is 0 Å². The lowest BCUT2D eigenvalue weighted by molar-refractivity contribution is -0.274. The summed E-state index contributed by atoms with van der Waals surface area (Å²) >= 11 is 5.76. The van der Waals surface area contributed by atoms with Gasteiger partial charge in [-0.1, -0.05) is 23.7 Å². The Morgan fingerprint density at radius 2 is 1.75 bits per heavy atom. The van der Waals surface area contributed by atoms with Gasteiger partial charge in [0.2, 0.25) is 0 Å². The van der Waals surface area contributed by atoms with Crippen molar-refractivity contribution in [3.63, 3.8) is 0 Å². The van der Waals surface area contributed by atoms with E-state index in [9.17, 15) is 13.2 Å². The fourth-order valence-corrected chi connectivity index (χ4v) is 1.76. The number of alkyl halides is 3. The lowest BCUT2D eigenvalue weighted by Crippen LogP contribution is -2.17. The Hall–Kier alpha value is -2.08. The molecule has 20 heavy (non-hydrogen) atoms. The normalized spacial score (nSPS) is 11.2. The minimum absolute atomic E-state index is 0.152. The average Bonchev–Trinajstić information content (AvgIpc) is 2.33. The summed E-state index contributed by atoms with van der Waals surface area (Å²) in [5.74, 6) is -0.339. The van der Waals surface area contributed by atoms with Crippen LogP contribution in [-0.4, -0.2) is 6.36 Å². The third-order valence-corrected chi connectivity index (χ3v) is 2.63. The maximum Gasteiger partial charge on any atom is 0.573 e. The molecular weight excluding hydrogens is 293 g/mol. The largest absolute Gasteiger partial charge is 0.573 e. The molecule has 3 nitrogen and oxygen atoms in total. The highest BCUT2D eigenvalue weighted by molar-refractivity contribution is 6.31. The van der Waals surface area contributed by atoms with E-state index < -0.39 is 6.36 Å². The molecule has 0 bridgehead atoms. The van der Waals surface area contributed by atoms with Crippen LogP contribution in [0.3, 0.4) is 0 Å². The smallest absolute Gasteiger partial charge is 0.404 e. The number of nitrogens with one attached hydrogen (secondary N) is 1. The third-order valence-electron chi connectivity index (χ3n) is 2.40. The van der Waals surface area contributed by atoms with Crippen molar-refractivity contribution in [2.24, 2.45) is 0 Å². The molecule has 0 amide bonds. The number of hydrogen-bond acceptors (Lipinski definition) is 3. The Morgan fingerprint density at radius 3 is 2.40 bits per heavy atom. The van der Waals surface area contributed by atoms with Crippen molar-refractivity contribution in [1.29, 1.82) is 0 Å². The van der Waals surface area contributed by atoms with E-state index in [4.69, 9.17) is 17.3 Å². The number of rotatable bonds is 3. The number of nitrogens with two attached hydrogens (primary N) is 1. The van der Waals surface area contributed by atoms with E-state index in [1.54, 1.807) is 18.2 Å². The van der Waals surface area contributed by atoms with Crippen LogP contribution in [0.2, 0.25) is 5.02 Å². The molecule has 0 atom stereocenters. The van der Waals surface area contributed by atoms with Crippen LogP contribution in [-0.2, 0) is 0 Å². The zero-order valence-corrected chi connectivity index (χ0v) is 10.8. The van der Waals surface area contributed by atoms with Gasteiger partial charge in [-0.05, 0) is 30.3 Å². The van der Waals surface area contributed by atoms with E-state index in [2.05, 4.69) is 10.1 Å². The zero-order valence-electron chi connectivity index (χ0n) is 10.0. The molecule has 0 aromatic heterocycles. The van der Waals surface area contributed by atoms with E-state index in [0.717, 1.165) is 0 Å². The van der Waals surface area contributed by atoms with Crippen LogP contribution in [0.1, 0.15) is 0 Å². The number of nitrogen functional groups attached to an aromatic ring is 1. The van der Waals surface area contributed by atoms with Crippen molar-refractivity contribution in [3.05, 3.63) is 47.5 Å². The molecule has 0 saturated carbocycles. The Labute approximate surface area is 118 Å². The predicted octanol–water partition coefficient (Wildman–Crippen LogP) is 4.56. The van der Waals surface area contributed by atoms with E-state index in [-0.39, 0.29) is 11.4 Å².